The van der Waals surface area contributed by atoms with Crippen LogP contribution in [0.25, 0.3) is 0 Å². The first kappa shape index (κ1) is 15.3. The smallest absolute Gasteiger partial charge is 0.338 e. The Morgan fingerprint density at radius 3 is 2.68 bits per heavy atom. The summed E-state index contributed by atoms with van der Waals surface area (Å²) in [5.74, 6) is -0.746. The van der Waals surface area contributed by atoms with E-state index in [2.05, 4.69) is 11.9 Å². The number of nitrogen functional groups attached to an aromatic ring is 1. The van der Waals surface area contributed by atoms with Crippen molar-refractivity contribution in [2.24, 2.45) is 0 Å². The third kappa shape index (κ3) is 5.59. The Kier molecular flexibility index (Phi) is 6.71. The van der Waals surface area contributed by atoms with Gasteiger partial charge in [-0.15, -0.1) is 0 Å². The summed E-state index contributed by atoms with van der Waals surface area (Å²) >= 11 is 0. The molecule has 0 bridgehead atoms. The molecule has 0 aliphatic carbocycles. The molecular weight excluding hydrogens is 244 g/mol. The van der Waals surface area contributed by atoms with Gasteiger partial charge in [-0.25, -0.2) is 9.78 Å². The van der Waals surface area contributed by atoms with Crippen molar-refractivity contribution in [2.75, 3.05) is 12.3 Å². The molecule has 1 heterocycles. The van der Waals surface area contributed by atoms with Gasteiger partial charge in [0.25, 0.3) is 0 Å². The third-order valence-corrected chi connectivity index (χ3v) is 2.89. The minimum Gasteiger partial charge on any atom is -0.478 e. The number of hydrogen-bond donors (Lipinski definition) is 2. The van der Waals surface area contributed by atoms with Gasteiger partial charge in [-0.05, 0) is 6.42 Å². The molecule has 0 fully saturated rings. The van der Waals surface area contributed by atoms with Crippen molar-refractivity contribution in [3.05, 3.63) is 17.8 Å². The number of unbranched alkanes of at least 4 members (excludes halogenated alkanes) is 5. The standard InChI is InChI=1S/C14H22N2O3/c1-2-3-4-5-6-7-8-19-13-9-11(14(17)18)12(15)10-16-13/h9-10H,2-8,15H2,1H3,(H,17,18). The fourth-order valence-electron chi connectivity index (χ4n) is 1.77. The molecule has 106 valence electrons. The number of ether oxygens (including phenoxy) is 1. The van der Waals surface area contributed by atoms with E-state index in [1.807, 2.05) is 0 Å². The largest absolute Gasteiger partial charge is 0.478 e. The number of carbonyl (C=O) groups is 1. The van der Waals surface area contributed by atoms with E-state index < -0.39 is 5.97 Å². The van der Waals surface area contributed by atoms with Crippen LogP contribution in [0.1, 0.15) is 55.8 Å². The summed E-state index contributed by atoms with van der Waals surface area (Å²) in [7, 11) is 0. The number of nitrogens with zero attached hydrogens (tertiary/aromatic N) is 1. The van der Waals surface area contributed by atoms with Gasteiger partial charge in [0.05, 0.1) is 24.1 Å². The summed E-state index contributed by atoms with van der Waals surface area (Å²) in [5.41, 5.74) is 5.70. The molecule has 1 aromatic heterocycles. The lowest BCUT2D eigenvalue weighted by molar-refractivity contribution is 0.0697. The first-order valence-electron chi connectivity index (χ1n) is 6.76. The van der Waals surface area contributed by atoms with Crippen LogP contribution >= 0.6 is 0 Å². The second-order valence-electron chi connectivity index (χ2n) is 4.53. The molecule has 0 aromatic carbocycles. The third-order valence-electron chi connectivity index (χ3n) is 2.89. The molecule has 0 spiro atoms. The molecule has 0 aliphatic heterocycles. The van der Waals surface area contributed by atoms with Crippen LogP contribution in [0.15, 0.2) is 12.3 Å². The number of aromatic nitrogens is 1. The van der Waals surface area contributed by atoms with Crippen molar-refractivity contribution in [3.63, 3.8) is 0 Å². The van der Waals surface area contributed by atoms with Crippen LogP contribution in [0.2, 0.25) is 0 Å². The van der Waals surface area contributed by atoms with Crippen LogP contribution in [-0.4, -0.2) is 22.7 Å². The number of hydrogen-bond acceptors (Lipinski definition) is 4. The van der Waals surface area contributed by atoms with Gasteiger partial charge in [-0.1, -0.05) is 39.0 Å². The number of carboxylic acids is 1. The fourth-order valence-corrected chi connectivity index (χ4v) is 1.77. The molecular formula is C14H22N2O3. The zero-order chi connectivity index (χ0) is 14.1. The molecule has 0 radical (unpaired) electrons. The summed E-state index contributed by atoms with van der Waals surface area (Å²) in [5, 5.41) is 8.92. The predicted octanol–water partition coefficient (Wildman–Crippen LogP) is 3.10. The number of rotatable bonds is 9. The van der Waals surface area contributed by atoms with Gasteiger partial charge in [0.1, 0.15) is 0 Å². The number of nitrogens with two attached hydrogens (primary N) is 1. The van der Waals surface area contributed by atoms with Gasteiger partial charge in [-0.3, -0.25) is 0 Å². The zero-order valence-corrected chi connectivity index (χ0v) is 11.4. The van der Waals surface area contributed by atoms with Crippen molar-refractivity contribution in [2.45, 2.75) is 45.4 Å². The van der Waals surface area contributed by atoms with Gasteiger partial charge in [0.15, 0.2) is 0 Å². The topological polar surface area (TPSA) is 85.4 Å². The predicted molar refractivity (Wildman–Crippen MR) is 74.5 cm³/mol. The molecule has 0 saturated carbocycles. The van der Waals surface area contributed by atoms with Gasteiger partial charge in [0, 0.05) is 6.07 Å². The Labute approximate surface area is 113 Å². The minimum atomic E-state index is -1.07. The Hall–Kier alpha value is -1.78. The van der Waals surface area contributed by atoms with E-state index in [0.29, 0.717) is 12.5 Å². The van der Waals surface area contributed by atoms with Crippen LogP contribution in [0.3, 0.4) is 0 Å². The van der Waals surface area contributed by atoms with E-state index in [-0.39, 0.29) is 11.3 Å². The first-order chi connectivity index (χ1) is 9.15. The maximum Gasteiger partial charge on any atom is 0.338 e. The monoisotopic (exact) mass is 266 g/mol. The molecule has 5 nitrogen and oxygen atoms in total. The summed E-state index contributed by atoms with van der Waals surface area (Å²) in [6.07, 6.45) is 8.40. The summed E-state index contributed by atoms with van der Waals surface area (Å²) < 4.78 is 5.43. The van der Waals surface area contributed by atoms with Crippen molar-refractivity contribution >= 4 is 11.7 Å². The Morgan fingerprint density at radius 2 is 2.00 bits per heavy atom. The quantitative estimate of drug-likeness (QED) is 0.671. The number of pyridine rings is 1. The van der Waals surface area contributed by atoms with Crippen LogP contribution < -0.4 is 10.5 Å². The van der Waals surface area contributed by atoms with Gasteiger partial charge < -0.3 is 15.6 Å². The van der Waals surface area contributed by atoms with Gasteiger partial charge in [-0.2, -0.15) is 0 Å². The van der Waals surface area contributed by atoms with Crippen molar-refractivity contribution in [1.29, 1.82) is 0 Å². The van der Waals surface area contributed by atoms with Crippen LogP contribution in [0.4, 0.5) is 5.69 Å². The fraction of sp³-hybridized carbons (Fsp3) is 0.571. The van der Waals surface area contributed by atoms with Gasteiger partial charge in [0.2, 0.25) is 5.88 Å². The summed E-state index contributed by atoms with van der Waals surface area (Å²) in [6.45, 7) is 2.75. The van der Waals surface area contributed by atoms with E-state index >= 15 is 0 Å². The molecule has 1 aromatic rings. The molecule has 0 amide bonds. The molecule has 0 unspecified atom stereocenters. The lowest BCUT2D eigenvalue weighted by atomic mass is 10.1. The number of aromatic carboxylic acids is 1. The van der Waals surface area contributed by atoms with Crippen molar-refractivity contribution in [1.82, 2.24) is 4.98 Å². The first-order valence-corrected chi connectivity index (χ1v) is 6.76. The van der Waals surface area contributed by atoms with E-state index in [1.54, 1.807) is 0 Å². The second-order valence-corrected chi connectivity index (χ2v) is 4.53. The molecule has 0 aliphatic rings. The van der Waals surface area contributed by atoms with Crippen molar-refractivity contribution in [3.8, 4) is 5.88 Å². The number of anilines is 1. The SMILES string of the molecule is CCCCCCCCOc1cc(C(=O)O)c(N)cn1. The minimum absolute atomic E-state index is 0.0351. The highest BCUT2D eigenvalue weighted by Crippen LogP contribution is 2.16. The highest BCUT2D eigenvalue weighted by molar-refractivity contribution is 5.93. The molecule has 0 saturated heterocycles. The summed E-state index contributed by atoms with van der Waals surface area (Å²) in [4.78, 5) is 14.8. The van der Waals surface area contributed by atoms with E-state index in [0.717, 1.165) is 12.8 Å². The van der Waals surface area contributed by atoms with Crippen LogP contribution in [0.5, 0.6) is 5.88 Å². The average Bonchev–Trinajstić information content (AvgIpc) is 2.39. The van der Waals surface area contributed by atoms with Crippen LogP contribution in [0, 0.1) is 0 Å². The number of carboxylic acid groups (broad SMARTS) is 1. The normalized spacial score (nSPS) is 10.4. The lowest BCUT2D eigenvalue weighted by Gasteiger charge is -2.07. The highest BCUT2D eigenvalue weighted by Gasteiger charge is 2.10. The average molecular weight is 266 g/mol. The van der Waals surface area contributed by atoms with Crippen LogP contribution in [-0.2, 0) is 0 Å². The molecule has 3 N–H and O–H groups in total. The Morgan fingerprint density at radius 1 is 1.32 bits per heavy atom. The zero-order valence-electron chi connectivity index (χ0n) is 11.4. The summed E-state index contributed by atoms with van der Waals surface area (Å²) in [6, 6.07) is 1.37. The van der Waals surface area contributed by atoms with E-state index in [9.17, 15) is 4.79 Å². The molecule has 19 heavy (non-hydrogen) atoms. The lowest BCUT2D eigenvalue weighted by Crippen LogP contribution is -2.05. The molecule has 0 atom stereocenters. The Balaban J connectivity index is 2.30. The second kappa shape index (κ2) is 8.34. The molecule has 1 rings (SSSR count). The van der Waals surface area contributed by atoms with E-state index in [1.165, 1.54) is 37.9 Å². The highest BCUT2D eigenvalue weighted by atomic mass is 16.5. The van der Waals surface area contributed by atoms with E-state index in [4.69, 9.17) is 15.6 Å². The maximum atomic E-state index is 10.9. The maximum absolute atomic E-state index is 10.9. The molecule has 5 heteroatoms. The van der Waals surface area contributed by atoms with Gasteiger partial charge >= 0.3 is 5.97 Å². The van der Waals surface area contributed by atoms with Crippen molar-refractivity contribution < 1.29 is 14.6 Å². The Bertz CT molecular complexity index is 408.